The van der Waals surface area contributed by atoms with Gasteiger partial charge < -0.3 is 10.0 Å². The number of aliphatic hydroxyl groups is 1. The highest BCUT2D eigenvalue weighted by atomic mass is 16.3. The summed E-state index contributed by atoms with van der Waals surface area (Å²) in [5, 5.41) is 10.2. The van der Waals surface area contributed by atoms with Gasteiger partial charge in [-0.3, -0.25) is 19.3 Å². The van der Waals surface area contributed by atoms with Gasteiger partial charge in [-0.05, 0) is 49.8 Å². The van der Waals surface area contributed by atoms with Crippen molar-refractivity contribution in [2.24, 2.45) is 5.41 Å². The molecule has 6 nitrogen and oxygen atoms in total. The number of aryl methyl sites for hydroxylation is 1. The maximum absolute atomic E-state index is 13.0. The Morgan fingerprint density at radius 2 is 1.61 bits per heavy atom. The molecule has 0 unspecified atom stereocenters. The van der Waals surface area contributed by atoms with Gasteiger partial charge >= 0.3 is 0 Å². The van der Waals surface area contributed by atoms with E-state index in [0.717, 1.165) is 37.0 Å². The number of nitrogens with zero attached hydrogens (tertiary/aromatic N) is 2. The second-order valence-electron chi connectivity index (χ2n) is 8.66. The summed E-state index contributed by atoms with van der Waals surface area (Å²) in [7, 11) is 0. The van der Waals surface area contributed by atoms with Crippen molar-refractivity contribution in [3.05, 3.63) is 71.3 Å². The summed E-state index contributed by atoms with van der Waals surface area (Å²) in [6.45, 7) is 0.819. The topological polar surface area (TPSA) is 77.9 Å². The number of piperidine rings is 1. The van der Waals surface area contributed by atoms with Crippen LogP contribution in [-0.2, 0) is 11.2 Å². The van der Waals surface area contributed by atoms with E-state index in [9.17, 15) is 19.5 Å². The highest BCUT2D eigenvalue weighted by molar-refractivity contribution is 6.22. The fourth-order valence-corrected chi connectivity index (χ4v) is 4.76. The van der Waals surface area contributed by atoms with Crippen molar-refractivity contribution < 1.29 is 19.5 Å². The highest BCUT2D eigenvalue weighted by Crippen LogP contribution is 2.35. The Kier molecular flexibility index (Phi) is 6.18. The molecule has 1 N–H and O–H groups in total. The van der Waals surface area contributed by atoms with Gasteiger partial charge in [-0.1, -0.05) is 42.5 Å². The first kappa shape index (κ1) is 21.2. The first-order chi connectivity index (χ1) is 15.0. The largest absolute Gasteiger partial charge is 0.396 e. The van der Waals surface area contributed by atoms with Crippen LogP contribution < -0.4 is 0 Å². The molecule has 2 aliphatic heterocycles. The van der Waals surface area contributed by atoms with Crippen LogP contribution in [0.15, 0.2) is 54.6 Å². The monoisotopic (exact) mass is 420 g/mol. The molecular formula is C25H28N2O4. The predicted octanol–water partition coefficient (Wildman–Crippen LogP) is 2.91. The molecule has 6 heteroatoms. The minimum Gasteiger partial charge on any atom is -0.396 e. The van der Waals surface area contributed by atoms with Gasteiger partial charge in [0.1, 0.15) is 6.54 Å². The lowest BCUT2D eigenvalue weighted by atomic mass is 9.76. The van der Waals surface area contributed by atoms with Crippen molar-refractivity contribution in [2.45, 2.75) is 32.1 Å². The number of carbonyl (C=O) groups excluding carboxylic acids is 3. The summed E-state index contributed by atoms with van der Waals surface area (Å²) in [6, 6.07) is 16.9. The SMILES string of the molecule is O=C(CN1C(=O)c2ccccc2C1=O)N1CCC[C@@](CO)(CCCc2ccccc2)C1. The fraction of sp³-hybridized carbons (Fsp3) is 0.400. The molecule has 0 aliphatic carbocycles. The van der Waals surface area contributed by atoms with Crippen molar-refractivity contribution in [2.75, 3.05) is 26.2 Å². The van der Waals surface area contributed by atoms with E-state index in [0.29, 0.717) is 24.2 Å². The van der Waals surface area contributed by atoms with Crippen LogP contribution in [-0.4, -0.2) is 58.9 Å². The van der Waals surface area contributed by atoms with Gasteiger partial charge in [-0.2, -0.15) is 0 Å². The van der Waals surface area contributed by atoms with Gasteiger partial charge in [0, 0.05) is 18.5 Å². The number of carbonyl (C=O) groups is 3. The van der Waals surface area contributed by atoms with Crippen LogP contribution in [0.1, 0.15) is 52.0 Å². The van der Waals surface area contributed by atoms with E-state index < -0.39 is 11.8 Å². The van der Waals surface area contributed by atoms with Crippen molar-refractivity contribution in [3.63, 3.8) is 0 Å². The first-order valence-electron chi connectivity index (χ1n) is 10.9. The molecule has 2 aliphatic rings. The number of rotatable bonds is 7. The Bertz CT molecular complexity index is 939. The van der Waals surface area contributed by atoms with Crippen molar-refractivity contribution >= 4 is 17.7 Å². The van der Waals surface area contributed by atoms with Crippen LogP contribution in [0.2, 0.25) is 0 Å². The lowest BCUT2D eigenvalue weighted by Gasteiger charge is -2.42. The van der Waals surface area contributed by atoms with E-state index >= 15 is 0 Å². The quantitative estimate of drug-likeness (QED) is 0.699. The normalized spacial score (nSPS) is 20.8. The highest BCUT2D eigenvalue weighted by Gasteiger charge is 2.40. The molecule has 1 saturated heterocycles. The van der Waals surface area contributed by atoms with E-state index in [1.54, 1.807) is 29.2 Å². The van der Waals surface area contributed by atoms with Crippen molar-refractivity contribution in [3.8, 4) is 0 Å². The van der Waals surface area contributed by atoms with Gasteiger partial charge in [0.05, 0.1) is 17.7 Å². The molecule has 2 aromatic carbocycles. The molecule has 0 aromatic heterocycles. The van der Waals surface area contributed by atoms with Gasteiger partial charge in [-0.15, -0.1) is 0 Å². The molecule has 2 heterocycles. The molecular weight excluding hydrogens is 392 g/mol. The summed E-state index contributed by atoms with van der Waals surface area (Å²) < 4.78 is 0. The van der Waals surface area contributed by atoms with Gasteiger partial charge in [0.2, 0.25) is 5.91 Å². The second-order valence-corrected chi connectivity index (χ2v) is 8.66. The van der Waals surface area contributed by atoms with E-state index in [1.165, 1.54) is 5.56 Å². The summed E-state index contributed by atoms with van der Waals surface area (Å²) in [5.41, 5.74) is 1.64. The Morgan fingerprint density at radius 3 is 2.26 bits per heavy atom. The molecule has 0 bridgehead atoms. The first-order valence-corrected chi connectivity index (χ1v) is 10.9. The van der Waals surface area contributed by atoms with Crippen LogP contribution in [0.4, 0.5) is 0 Å². The lowest BCUT2D eigenvalue weighted by Crippen LogP contribution is -2.51. The summed E-state index contributed by atoms with van der Waals surface area (Å²) in [5.74, 6) is -1.07. The zero-order chi connectivity index (χ0) is 21.8. The Hall–Kier alpha value is -2.99. The van der Waals surface area contributed by atoms with Crippen molar-refractivity contribution in [1.82, 2.24) is 9.80 Å². The van der Waals surface area contributed by atoms with E-state index in [-0.39, 0.29) is 24.5 Å². The molecule has 2 aromatic rings. The summed E-state index contributed by atoms with van der Waals surface area (Å²) in [6.07, 6.45) is 4.38. The number of fused-ring (bicyclic) bond motifs is 1. The molecule has 1 fully saturated rings. The van der Waals surface area contributed by atoms with Gasteiger partial charge in [0.25, 0.3) is 11.8 Å². The van der Waals surface area contributed by atoms with E-state index in [2.05, 4.69) is 12.1 Å². The fourth-order valence-electron chi connectivity index (χ4n) is 4.76. The van der Waals surface area contributed by atoms with Crippen LogP contribution in [0, 0.1) is 5.41 Å². The van der Waals surface area contributed by atoms with Crippen LogP contribution in [0.5, 0.6) is 0 Å². The Balaban J connectivity index is 1.37. The third kappa shape index (κ3) is 4.39. The number of amides is 3. The minimum absolute atomic E-state index is 0.0264. The number of imide groups is 1. The predicted molar refractivity (Wildman–Crippen MR) is 117 cm³/mol. The number of likely N-dealkylation sites (tertiary alicyclic amines) is 1. The standard InChI is InChI=1S/C25H28N2O4/c28-18-25(13-6-10-19-8-2-1-3-9-19)14-7-15-26(17-25)22(29)16-27-23(30)20-11-4-5-12-21(20)24(27)31/h1-5,8-9,11-12,28H,6-7,10,13-18H2/t25-/m0/s1. The third-order valence-electron chi connectivity index (χ3n) is 6.54. The molecule has 31 heavy (non-hydrogen) atoms. The molecule has 3 amide bonds. The number of aliphatic hydroxyl groups excluding tert-OH is 1. The van der Waals surface area contributed by atoms with Crippen LogP contribution in [0.25, 0.3) is 0 Å². The zero-order valence-corrected chi connectivity index (χ0v) is 17.6. The average molecular weight is 421 g/mol. The Labute approximate surface area is 182 Å². The van der Waals surface area contributed by atoms with Crippen molar-refractivity contribution in [1.29, 1.82) is 0 Å². The molecule has 0 saturated carbocycles. The lowest BCUT2D eigenvalue weighted by molar-refractivity contribution is -0.136. The molecule has 162 valence electrons. The molecule has 4 rings (SSSR count). The third-order valence-corrected chi connectivity index (χ3v) is 6.54. The summed E-state index contributed by atoms with van der Waals surface area (Å²) >= 11 is 0. The minimum atomic E-state index is -0.415. The second kappa shape index (κ2) is 9.02. The van der Waals surface area contributed by atoms with E-state index in [4.69, 9.17) is 0 Å². The van der Waals surface area contributed by atoms with Crippen LogP contribution in [0.3, 0.4) is 0 Å². The smallest absolute Gasteiger partial charge is 0.262 e. The number of benzene rings is 2. The number of hydrogen-bond acceptors (Lipinski definition) is 4. The number of hydrogen-bond donors (Lipinski definition) is 1. The molecule has 1 atom stereocenters. The maximum Gasteiger partial charge on any atom is 0.262 e. The van der Waals surface area contributed by atoms with E-state index in [1.807, 2.05) is 18.2 Å². The Morgan fingerprint density at radius 1 is 0.968 bits per heavy atom. The summed E-state index contributed by atoms with van der Waals surface area (Å²) in [4.78, 5) is 40.9. The average Bonchev–Trinajstić information content (AvgIpc) is 3.05. The van der Waals surface area contributed by atoms with Crippen LogP contribution >= 0.6 is 0 Å². The molecule has 0 spiro atoms. The molecule has 0 radical (unpaired) electrons. The van der Waals surface area contributed by atoms with Gasteiger partial charge in [0.15, 0.2) is 0 Å². The zero-order valence-electron chi connectivity index (χ0n) is 17.6. The maximum atomic E-state index is 13.0. The van der Waals surface area contributed by atoms with Gasteiger partial charge in [-0.25, -0.2) is 0 Å².